The Morgan fingerprint density at radius 1 is 1.90 bits per heavy atom. The molecular weight excluding hydrogens is 132 g/mol. The van der Waals surface area contributed by atoms with Crippen LogP contribution in [0.5, 0.6) is 0 Å². The molecule has 1 aromatic rings. The highest BCUT2D eigenvalue weighted by Gasteiger charge is 2.06. The van der Waals surface area contributed by atoms with Crippen LogP contribution in [0.25, 0.3) is 0 Å². The van der Waals surface area contributed by atoms with Crippen molar-refractivity contribution in [2.45, 2.75) is 6.04 Å². The summed E-state index contributed by atoms with van der Waals surface area (Å²) in [5.41, 5.74) is 5.59. The third-order valence-electron chi connectivity index (χ3n) is 1.13. The van der Waals surface area contributed by atoms with Crippen molar-refractivity contribution in [2.24, 2.45) is 5.73 Å². The normalized spacial score (nSPS) is 13.4. The van der Waals surface area contributed by atoms with Gasteiger partial charge in [0.15, 0.2) is 0 Å². The van der Waals surface area contributed by atoms with Crippen molar-refractivity contribution in [2.75, 3.05) is 13.7 Å². The van der Waals surface area contributed by atoms with Crippen molar-refractivity contribution in [3.05, 3.63) is 12.2 Å². The largest absolute Gasteiger partial charge is 0.383 e. The van der Waals surface area contributed by atoms with Crippen LogP contribution in [0.2, 0.25) is 0 Å². The Morgan fingerprint density at radius 3 is 3.20 bits per heavy atom. The van der Waals surface area contributed by atoms with Crippen LogP contribution in [0, 0.1) is 0 Å². The van der Waals surface area contributed by atoms with Crippen LogP contribution >= 0.6 is 0 Å². The van der Waals surface area contributed by atoms with Gasteiger partial charge in [0.05, 0.1) is 12.6 Å². The van der Waals surface area contributed by atoms with Crippen molar-refractivity contribution < 1.29 is 4.74 Å². The van der Waals surface area contributed by atoms with Gasteiger partial charge >= 0.3 is 0 Å². The second-order valence-corrected chi connectivity index (χ2v) is 1.93. The molecule has 3 N–H and O–H groups in total. The Labute approximate surface area is 58.6 Å². The first-order chi connectivity index (χ1) is 4.84. The fourth-order valence-electron chi connectivity index (χ4n) is 0.652. The average Bonchev–Trinajstić information content (AvgIpc) is 2.38. The molecule has 1 rings (SSSR count). The Balaban J connectivity index is 2.50. The molecule has 0 fully saturated rings. The fourth-order valence-corrected chi connectivity index (χ4v) is 0.652. The minimum Gasteiger partial charge on any atom is -0.383 e. The Bertz CT molecular complexity index is 174. The van der Waals surface area contributed by atoms with Gasteiger partial charge in [-0.2, -0.15) is 5.10 Å². The molecule has 5 nitrogen and oxygen atoms in total. The Morgan fingerprint density at radius 2 is 2.70 bits per heavy atom. The third-order valence-corrected chi connectivity index (χ3v) is 1.13. The lowest BCUT2D eigenvalue weighted by atomic mass is 10.3. The lowest BCUT2D eigenvalue weighted by molar-refractivity contribution is 0.178. The van der Waals surface area contributed by atoms with E-state index in [1.807, 2.05) is 0 Å². The number of nitrogens with two attached hydrogens (primary N) is 1. The van der Waals surface area contributed by atoms with E-state index in [1.165, 1.54) is 6.33 Å². The summed E-state index contributed by atoms with van der Waals surface area (Å²) in [7, 11) is 1.59. The van der Waals surface area contributed by atoms with E-state index in [4.69, 9.17) is 10.5 Å². The van der Waals surface area contributed by atoms with E-state index >= 15 is 0 Å². The van der Waals surface area contributed by atoms with Gasteiger partial charge in [0.25, 0.3) is 0 Å². The number of hydrogen-bond acceptors (Lipinski definition) is 4. The van der Waals surface area contributed by atoms with Gasteiger partial charge in [0.1, 0.15) is 12.2 Å². The summed E-state index contributed by atoms with van der Waals surface area (Å²) >= 11 is 0. The average molecular weight is 142 g/mol. The van der Waals surface area contributed by atoms with E-state index in [2.05, 4.69) is 15.2 Å². The summed E-state index contributed by atoms with van der Waals surface area (Å²) in [6.45, 7) is 0.454. The topological polar surface area (TPSA) is 76.8 Å². The van der Waals surface area contributed by atoms with E-state index in [1.54, 1.807) is 7.11 Å². The predicted molar refractivity (Wildman–Crippen MR) is 35.2 cm³/mol. The SMILES string of the molecule is COCC(N)c1ncn[nH]1. The zero-order valence-corrected chi connectivity index (χ0v) is 5.74. The van der Waals surface area contributed by atoms with Crippen LogP contribution in [0.1, 0.15) is 11.9 Å². The zero-order valence-electron chi connectivity index (χ0n) is 5.74. The van der Waals surface area contributed by atoms with Crippen molar-refractivity contribution in [1.82, 2.24) is 15.2 Å². The molecule has 0 aliphatic heterocycles. The molecule has 56 valence electrons. The van der Waals surface area contributed by atoms with Crippen LogP contribution in [0.3, 0.4) is 0 Å². The minimum atomic E-state index is -0.201. The molecule has 10 heavy (non-hydrogen) atoms. The molecule has 0 spiro atoms. The molecule has 0 amide bonds. The number of hydrogen-bond donors (Lipinski definition) is 2. The minimum absolute atomic E-state index is 0.201. The van der Waals surface area contributed by atoms with Crippen LogP contribution in [0.4, 0.5) is 0 Å². The first-order valence-electron chi connectivity index (χ1n) is 2.94. The standard InChI is InChI=1S/C5H10N4O/c1-10-2-4(6)5-7-3-8-9-5/h3-4H,2,6H2,1H3,(H,7,8,9). The third kappa shape index (κ3) is 1.52. The van der Waals surface area contributed by atoms with Gasteiger partial charge < -0.3 is 10.5 Å². The van der Waals surface area contributed by atoms with Gasteiger partial charge in [-0.15, -0.1) is 0 Å². The maximum absolute atomic E-state index is 5.59. The summed E-state index contributed by atoms with van der Waals surface area (Å²) in [6.07, 6.45) is 1.42. The Kier molecular flexibility index (Phi) is 2.35. The van der Waals surface area contributed by atoms with Crippen LogP contribution in [-0.4, -0.2) is 28.9 Å². The molecule has 0 aromatic carbocycles. The summed E-state index contributed by atoms with van der Waals surface area (Å²) in [6, 6.07) is -0.201. The molecule has 0 bridgehead atoms. The number of methoxy groups -OCH3 is 1. The number of ether oxygens (including phenoxy) is 1. The summed E-state index contributed by atoms with van der Waals surface area (Å²) in [4.78, 5) is 3.86. The highest BCUT2D eigenvalue weighted by molar-refractivity contribution is 4.88. The number of aromatic amines is 1. The van der Waals surface area contributed by atoms with Gasteiger partial charge in [-0.1, -0.05) is 0 Å². The second kappa shape index (κ2) is 3.28. The molecule has 1 aromatic heterocycles. The Hall–Kier alpha value is -0.940. The van der Waals surface area contributed by atoms with E-state index in [-0.39, 0.29) is 6.04 Å². The molecule has 0 radical (unpaired) electrons. The van der Waals surface area contributed by atoms with Gasteiger partial charge in [0, 0.05) is 7.11 Å². The molecule has 0 aliphatic rings. The maximum Gasteiger partial charge on any atom is 0.143 e. The molecule has 5 heteroatoms. The number of nitrogens with one attached hydrogen (secondary N) is 1. The van der Waals surface area contributed by atoms with Crippen molar-refractivity contribution in [3.63, 3.8) is 0 Å². The molecule has 1 unspecified atom stereocenters. The van der Waals surface area contributed by atoms with E-state index in [9.17, 15) is 0 Å². The van der Waals surface area contributed by atoms with Gasteiger partial charge in [-0.3, -0.25) is 5.10 Å². The van der Waals surface area contributed by atoms with E-state index < -0.39 is 0 Å². The first-order valence-corrected chi connectivity index (χ1v) is 2.94. The van der Waals surface area contributed by atoms with Gasteiger partial charge in [0.2, 0.25) is 0 Å². The van der Waals surface area contributed by atoms with Crippen LogP contribution in [0.15, 0.2) is 6.33 Å². The highest BCUT2D eigenvalue weighted by Crippen LogP contribution is 2.00. The number of aromatic nitrogens is 3. The number of H-pyrrole nitrogens is 1. The molecular formula is C5H10N4O. The van der Waals surface area contributed by atoms with E-state index in [0.717, 1.165) is 0 Å². The summed E-state index contributed by atoms with van der Waals surface area (Å²) in [5, 5.41) is 6.31. The van der Waals surface area contributed by atoms with E-state index in [0.29, 0.717) is 12.4 Å². The molecule has 1 heterocycles. The maximum atomic E-state index is 5.59. The lowest BCUT2D eigenvalue weighted by Gasteiger charge is -2.04. The van der Waals surface area contributed by atoms with Crippen molar-refractivity contribution in [1.29, 1.82) is 0 Å². The predicted octanol–water partition coefficient (Wildman–Crippen LogP) is -0.549. The van der Waals surface area contributed by atoms with Crippen molar-refractivity contribution >= 4 is 0 Å². The molecule has 0 aliphatic carbocycles. The fraction of sp³-hybridized carbons (Fsp3) is 0.600. The first kappa shape index (κ1) is 7.17. The highest BCUT2D eigenvalue weighted by atomic mass is 16.5. The quantitative estimate of drug-likeness (QED) is 0.593. The summed E-state index contributed by atoms with van der Waals surface area (Å²) in [5.74, 6) is 0.654. The van der Waals surface area contributed by atoms with Crippen molar-refractivity contribution in [3.8, 4) is 0 Å². The van der Waals surface area contributed by atoms with Gasteiger partial charge in [-0.25, -0.2) is 4.98 Å². The monoisotopic (exact) mass is 142 g/mol. The second-order valence-electron chi connectivity index (χ2n) is 1.93. The van der Waals surface area contributed by atoms with Crippen LogP contribution in [-0.2, 0) is 4.74 Å². The summed E-state index contributed by atoms with van der Waals surface area (Å²) < 4.78 is 4.81. The van der Waals surface area contributed by atoms with Gasteiger partial charge in [-0.05, 0) is 0 Å². The smallest absolute Gasteiger partial charge is 0.143 e. The lowest BCUT2D eigenvalue weighted by Crippen LogP contribution is -2.17. The zero-order chi connectivity index (χ0) is 7.40. The molecule has 1 atom stereocenters. The number of nitrogens with zero attached hydrogens (tertiary/aromatic N) is 2. The molecule has 0 saturated heterocycles. The van der Waals surface area contributed by atoms with Crippen LogP contribution < -0.4 is 5.73 Å². The molecule has 0 saturated carbocycles. The number of rotatable bonds is 3.